The molecule has 2 amide bonds. The number of nitrogens with one attached hydrogen (secondary N) is 2. The maximum atomic E-state index is 12.4. The Labute approximate surface area is 159 Å². The van der Waals surface area contributed by atoms with Crippen LogP contribution in [0.2, 0.25) is 0 Å². The van der Waals surface area contributed by atoms with Crippen LogP contribution in [-0.4, -0.2) is 34.2 Å². The van der Waals surface area contributed by atoms with Crippen LogP contribution in [0.15, 0.2) is 59.5 Å². The average Bonchev–Trinajstić information content (AvgIpc) is 2.67. The standard InChI is InChI=1S/C19H23N3O4S/c20-27(24,25)17-8-4-7-16(13-17)22-18(23)21-14-19(9-11-26-12-10-19)15-5-2-1-3-6-15/h1-8,13H,9-12,14H2,(H2,20,24,25)(H2,21,22,23). The van der Waals surface area contributed by atoms with Crippen molar-refractivity contribution in [1.29, 1.82) is 0 Å². The Bertz CT molecular complexity index is 894. The number of ether oxygens (including phenoxy) is 1. The van der Waals surface area contributed by atoms with Crippen molar-refractivity contribution in [2.24, 2.45) is 5.14 Å². The monoisotopic (exact) mass is 389 g/mol. The molecule has 3 rings (SSSR count). The van der Waals surface area contributed by atoms with Gasteiger partial charge in [-0.05, 0) is 36.6 Å². The van der Waals surface area contributed by atoms with Gasteiger partial charge in [-0.25, -0.2) is 18.4 Å². The predicted octanol–water partition coefficient (Wildman–Crippen LogP) is 2.20. The van der Waals surface area contributed by atoms with E-state index in [9.17, 15) is 13.2 Å². The van der Waals surface area contributed by atoms with Crippen molar-refractivity contribution in [2.75, 3.05) is 25.1 Å². The van der Waals surface area contributed by atoms with Gasteiger partial charge < -0.3 is 15.4 Å². The summed E-state index contributed by atoms with van der Waals surface area (Å²) in [5, 5.41) is 10.7. The molecule has 1 aliphatic heterocycles. The first kappa shape index (κ1) is 19.3. The summed E-state index contributed by atoms with van der Waals surface area (Å²) in [6.45, 7) is 1.75. The predicted molar refractivity (Wildman–Crippen MR) is 103 cm³/mol. The summed E-state index contributed by atoms with van der Waals surface area (Å²) in [6.07, 6.45) is 1.64. The van der Waals surface area contributed by atoms with E-state index in [0.717, 1.165) is 12.8 Å². The molecule has 0 bridgehead atoms. The number of benzene rings is 2. The number of primary sulfonamides is 1. The van der Waals surface area contributed by atoms with Gasteiger partial charge in [-0.15, -0.1) is 0 Å². The molecule has 27 heavy (non-hydrogen) atoms. The Morgan fingerprint density at radius 2 is 1.78 bits per heavy atom. The van der Waals surface area contributed by atoms with Crippen LogP contribution in [0.3, 0.4) is 0 Å². The number of rotatable bonds is 5. The lowest BCUT2D eigenvalue weighted by Crippen LogP contribution is -2.45. The van der Waals surface area contributed by atoms with Gasteiger partial charge in [0.1, 0.15) is 0 Å². The summed E-state index contributed by atoms with van der Waals surface area (Å²) >= 11 is 0. The van der Waals surface area contributed by atoms with E-state index >= 15 is 0 Å². The van der Waals surface area contributed by atoms with Crippen LogP contribution < -0.4 is 15.8 Å². The molecule has 7 nitrogen and oxygen atoms in total. The molecule has 0 radical (unpaired) electrons. The number of sulfonamides is 1. The third kappa shape index (κ3) is 4.85. The van der Waals surface area contributed by atoms with Crippen LogP contribution in [-0.2, 0) is 20.2 Å². The van der Waals surface area contributed by atoms with Crippen LogP contribution in [0.4, 0.5) is 10.5 Å². The molecule has 1 fully saturated rings. The van der Waals surface area contributed by atoms with Gasteiger partial charge in [0.2, 0.25) is 10.0 Å². The number of anilines is 1. The normalized spacial score (nSPS) is 16.5. The second kappa shape index (κ2) is 8.08. The summed E-state index contributed by atoms with van der Waals surface area (Å²) < 4.78 is 28.4. The third-order valence-electron chi connectivity index (χ3n) is 4.84. The molecular weight excluding hydrogens is 366 g/mol. The largest absolute Gasteiger partial charge is 0.381 e. The van der Waals surface area contributed by atoms with Crippen molar-refractivity contribution in [3.63, 3.8) is 0 Å². The molecule has 144 valence electrons. The summed E-state index contributed by atoms with van der Waals surface area (Å²) in [5.74, 6) is 0. The lowest BCUT2D eigenvalue weighted by molar-refractivity contribution is 0.0508. The average molecular weight is 389 g/mol. The molecule has 0 aliphatic carbocycles. The third-order valence-corrected chi connectivity index (χ3v) is 5.75. The topological polar surface area (TPSA) is 111 Å². The van der Waals surface area contributed by atoms with Gasteiger partial charge in [-0.1, -0.05) is 36.4 Å². The molecule has 0 aromatic heterocycles. The number of amides is 2. The molecule has 1 aliphatic rings. The van der Waals surface area contributed by atoms with Crippen molar-refractivity contribution in [1.82, 2.24) is 5.32 Å². The van der Waals surface area contributed by atoms with Gasteiger partial charge in [0.15, 0.2) is 0 Å². The molecule has 2 aromatic carbocycles. The van der Waals surface area contributed by atoms with E-state index in [1.54, 1.807) is 6.07 Å². The smallest absolute Gasteiger partial charge is 0.319 e. The quantitative estimate of drug-likeness (QED) is 0.728. The van der Waals surface area contributed by atoms with Gasteiger partial charge in [0.25, 0.3) is 0 Å². The first-order valence-corrected chi connectivity index (χ1v) is 10.2. The van der Waals surface area contributed by atoms with Gasteiger partial charge >= 0.3 is 6.03 Å². The minimum atomic E-state index is -3.82. The lowest BCUT2D eigenvalue weighted by Gasteiger charge is -2.38. The first-order valence-electron chi connectivity index (χ1n) is 8.70. The van der Waals surface area contributed by atoms with Gasteiger partial charge in [0.05, 0.1) is 4.90 Å². The number of urea groups is 1. The Hall–Kier alpha value is -2.42. The fourth-order valence-electron chi connectivity index (χ4n) is 3.30. The van der Waals surface area contributed by atoms with Crippen LogP contribution >= 0.6 is 0 Å². The Kier molecular flexibility index (Phi) is 5.79. The van der Waals surface area contributed by atoms with E-state index in [1.807, 2.05) is 18.2 Å². The van der Waals surface area contributed by atoms with Crippen molar-refractivity contribution in [3.05, 3.63) is 60.2 Å². The highest BCUT2D eigenvalue weighted by molar-refractivity contribution is 7.89. The zero-order valence-electron chi connectivity index (χ0n) is 14.9. The molecule has 4 N–H and O–H groups in total. The van der Waals surface area contributed by atoms with Crippen LogP contribution in [0.25, 0.3) is 0 Å². The van der Waals surface area contributed by atoms with E-state index in [4.69, 9.17) is 9.88 Å². The van der Waals surface area contributed by atoms with Crippen molar-refractivity contribution < 1.29 is 17.9 Å². The minimum Gasteiger partial charge on any atom is -0.381 e. The second-order valence-corrected chi connectivity index (χ2v) is 8.20. The molecule has 1 saturated heterocycles. The maximum Gasteiger partial charge on any atom is 0.319 e. The number of carbonyl (C=O) groups is 1. The SMILES string of the molecule is NS(=O)(=O)c1cccc(NC(=O)NCC2(c3ccccc3)CCOCC2)c1. The molecule has 0 saturated carbocycles. The van der Waals surface area contributed by atoms with E-state index < -0.39 is 16.1 Å². The lowest BCUT2D eigenvalue weighted by atomic mass is 9.74. The summed E-state index contributed by atoms with van der Waals surface area (Å²) in [6, 6.07) is 15.5. The summed E-state index contributed by atoms with van der Waals surface area (Å²) in [5.41, 5.74) is 1.35. The number of hydrogen-bond donors (Lipinski definition) is 3. The molecular formula is C19H23N3O4S. The highest BCUT2D eigenvalue weighted by Gasteiger charge is 2.34. The Morgan fingerprint density at radius 1 is 1.07 bits per heavy atom. The van der Waals surface area contributed by atoms with Gasteiger partial charge in [0, 0.05) is 30.9 Å². The molecule has 8 heteroatoms. The van der Waals surface area contributed by atoms with Crippen LogP contribution in [0.5, 0.6) is 0 Å². The molecule has 0 spiro atoms. The fraction of sp³-hybridized carbons (Fsp3) is 0.316. The number of hydrogen-bond acceptors (Lipinski definition) is 4. The summed E-state index contributed by atoms with van der Waals surface area (Å²) in [7, 11) is -3.82. The zero-order valence-corrected chi connectivity index (χ0v) is 15.7. The Morgan fingerprint density at radius 3 is 2.44 bits per heavy atom. The maximum absolute atomic E-state index is 12.4. The van der Waals surface area contributed by atoms with Crippen LogP contribution in [0, 0.1) is 0 Å². The number of carbonyl (C=O) groups excluding carboxylic acids is 1. The van der Waals surface area contributed by atoms with Gasteiger partial charge in [-0.2, -0.15) is 0 Å². The molecule has 1 heterocycles. The van der Waals surface area contributed by atoms with E-state index in [1.165, 1.54) is 23.8 Å². The highest BCUT2D eigenvalue weighted by Crippen LogP contribution is 2.34. The Balaban J connectivity index is 1.68. The van der Waals surface area contributed by atoms with Gasteiger partial charge in [-0.3, -0.25) is 0 Å². The van der Waals surface area contributed by atoms with Crippen molar-refractivity contribution in [2.45, 2.75) is 23.2 Å². The number of nitrogens with two attached hydrogens (primary N) is 1. The van der Waals surface area contributed by atoms with E-state index in [0.29, 0.717) is 25.4 Å². The zero-order chi connectivity index (χ0) is 19.3. The minimum absolute atomic E-state index is 0.0505. The fourth-order valence-corrected chi connectivity index (χ4v) is 3.86. The van der Waals surface area contributed by atoms with E-state index in [2.05, 4.69) is 22.8 Å². The molecule has 0 unspecified atom stereocenters. The first-order chi connectivity index (χ1) is 12.9. The molecule has 2 aromatic rings. The van der Waals surface area contributed by atoms with Crippen LogP contribution in [0.1, 0.15) is 18.4 Å². The summed E-state index contributed by atoms with van der Waals surface area (Å²) in [4.78, 5) is 12.3. The second-order valence-electron chi connectivity index (χ2n) is 6.64. The highest BCUT2D eigenvalue weighted by atomic mass is 32.2. The molecule has 0 atom stereocenters. The van der Waals surface area contributed by atoms with E-state index in [-0.39, 0.29) is 10.3 Å². The van der Waals surface area contributed by atoms with Crippen molar-refractivity contribution in [3.8, 4) is 0 Å². The van der Waals surface area contributed by atoms with Crippen molar-refractivity contribution >= 4 is 21.7 Å².